The van der Waals surface area contributed by atoms with Crippen molar-refractivity contribution in [2.45, 2.75) is 39.0 Å². The van der Waals surface area contributed by atoms with Crippen molar-refractivity contribution >= 4 is 10.8 Å². The zero-order valence-electron chi connectivity index (χ0n) is 17.7. The van der Waals surface area contributed by atoms with Crippen molar-refractivity contribution in [1.82, 2.24) is 4.98 Å². The van der Waals surface area contributed by atoms with Gasteiger partial charge in [0.25, 0.3) is 0 Å². The average Bonchev–Trinajstić information content (AvgIpc) is 2.82. The quantitative estimate of drug-likeness (QED) is 0.269. The van der Waals surface area contributed by atoms with Crippen molar-refractivity contribution in [2.75, 3.05) is 6.61 Å². The van der Waals surface area contributed by atoms with Crippen LogP contribution in [-0.2, 0) is 0 Å². The molecule has 152 valence electrons. The highest BCUT2D eigenvalue weighted by molar-refractivity contribution is 5.92. The molecule has 30 heavy (non-hydrogen) atoms. The van der Waals surface area contributed by atoms with E-state index in [-0.39, 0.29) is 0 Å². The van der Waals surface area contributed by atoms with Gasteiger partial charge in [0.1, 0.15) is 5.75 Å². The van der Waals surface area contributed by atoms with Crippen molar-refractivity contribution in [3.05, 3.63) is 85.1 Å². The summed E-state index contributed by atoms with van der Waals surface area (Å²) in [5.41, 5.74) is 4.37. The van der Waals surface area contributed by atoms with Gasteiger partial charge in [-0.2, -0.15) is 0 Å². The molecule has 0 bridgehead atoms. The van der Waals surface area contributed by atoms with E-state index >= 15 is 0 Å². The molecular weight excluding hydrogens is 366 g/mol. The molecule has 4 rings (SSSR count). The highest BCUT2D eigenvalue weighted by atomic mass is 16.5. The fraction of sp³-hybridized carbons (Fsp3) is 0.250. The highest BCUT2D eigenvalue weighted by Gasteiger charge is 2.08. The van der Waals surface area contributed by atoms with Crippen LogP contribution in [0.3, 0.4) is 0 Å². The smallest absolute Gasteiger partial charge is 0.127 e. The summed E-state index contributed by atoms with van der Waals surface area (Å²) >= 11 is 0. The number of hydrogen-bond acceptors (Lipinski definition) is 2. The molecule has 0 aliphatic heterocycles. The topological polar surface area (TPSA) is 22.1 Å². The molecule has 0 aliphatic rings. The number of unbranched alkanes of at least 4 members (excludes halogenated alkanes) is 4. The number of benzene rings is 3. The van der Waals surface area contributed by atoms with Crippen LogP contribution in [0.15, 0.2) is 85.1 Å². The first kappa shape index (κ1) is 20.2. The minimum atomic E-state index is 0.761. The van der Waals surface area contributed by atoms with Gasteiger partial charge in [0, 0.05) is 22.7 Å². The van der Waals surface area contributed by atoms with E-state index in [4.69, 9.17) is 9.72 Å². The Morgan fingerprint density at radius 2 is 1.50 bits per heavy atom. The van der Waals surface area contributed by atoms with Gasteiger partial charge >= 0.3 is 0 Å². The molecule has 0 aliphatic carbocycles. The molecule has 4 aromatic rings. The number of rotatable bonds is 9. The van der Waals surface area contributed by atoms with Gasteiger partial charge in [-0.3, -0.25) is 4.98 Å². The molecular formula is C28H29NO. The first-order chi connectivity index (χ1) is 14.8. The second-order valence-corrected chi connectivity index (χ2v) is 7.76. The van der Waals surface area contributed by atoms with E-state index in [1.54, 1.807) is 0 Å². The monoisotopic (exact) mass is 395 g/mol. The Balaban J connectivity index is 1.56. The fourth-order valence-electron chi connectivity index (χ4n) is 3.80. The maximum absolute atomic E-state index is 6.23. The Morgan fingerprint density at radius 3 is 2.30 bits per heavy atom. The number of aromatic nitrogens is 1. The molecule has 0 unspecified atom stereocenters. The molecule has 0 radical (unpaired) electrons. The third-order valence-corrected chi connectivity index (χ3v) is 5.50. The lowest BCUT2D eigenvalue weighted by Gasteiger charge is -2.12. The normalized spacial score (nSPS) is 11.0. The maximum Gasteiger partial charge on any atom is 0.127 e. The summed E-state index contributed by atoms with van der Waals surface area (Å²) in [5, 5.41) is 2.35. The molecule has 0 saturated carbocycles. The molecule has 0 N–H and O–H groups in total. The summed E-state index contributed by atoms with van der Waals surface area (Å²) in [5.74, 6) is 0.951. The van der Waals surface area contributed by atoms with E-state index in [0.29, 0.717) is 0 Å². The molecule has 1 aromatic heterocycles. The average molecular weight is 396 g/mol. The van der Waals surface area contributed by atoms with E-state index < -0.39 is 0 Å². The Labute approximate surface area is 179 Å². The lowest BCUT2D eigenvalue weighted by Crippen LogP contribution is -1.98. The molecule has 2 heteroatoms. The summed E-state index contributed by atoms with van der Waals surface area (Å²) in [6, 6.07) is 27.4. The van der Waals surface area contributed by atoms with Gasteiger partial charge in [-0.25, -0.2) is 0 Å². The first-order valence-electron chi connectivity index (χ1n) is 11.0. The number of pyridine rings is 1. The largest absolute Gasteiger partial charge is 0.493 e. The molecule has 0 spiro atoms. The SMILES string of the molecule is CCCCCCCOc1cc(-c2ccc(-c3ccccc3)cn2)cc2ccccc12. The van der Waals surface area contributed by atoms with Gasteiger partial charge in [0.15, 0.2) is 0 Å². The van der Waals surface area contributed by atoms with Gasteiger partial charge in [-0.1, -0.05) is 93.3 Å². The second kappa shape index (κ2) is 10.1. The van der Waals surface area contributed by atoms with Crippen LogP contribution in [0.1, 0.15) is 39.0 Å². The van der Waals surface area contributed by atoms with E-state index in [0.717, 1.165) is 41.0 Å². The van der Waals surface area contributed by atoms with Crippen molar-refractivity contribution in [3.63, 3.8) is 0 Å². The number of hydrogen-bond donors (Lipinski definition) is 0. The number of ether oxygens (including phenoxy) is 1. The molecule has 0 fully saturated rings. The third kappa shape index (κ3) is 4.88. The third-order valence-electron chi connectivity index (χ3n) is 5.50. The van der Waals surface area contributed by atoms with Crippen LogP contribution in [0.4, 0.5) is 0 Å². The lowest BCUT2D eigenvalue weighted by molar-refractivity contribution is 0.308. The van der Waals surface area contributed by atoms with Crippen LogP contribution in [0, 0.1) is 0 Å². The van der Waals surface area contributed by atoms with Crippen LogP contribution in [0.5, 0.6) is 5.75 Å². The van der Waals surface area contributed by atoms with Crippen molar-refractivity contribution in [3.8, 4) is 28.1 Å². The van der Waals surface area contributed by atoms with Crippen LogP contribution < -0.4 is 4.74 Å². The predicted octanol–water partition coefficient (Wildman–Crippen LogP) is 7.92. The predicted molar refractivity (Wildman–Crippen MR) is 127 cm³/mol. The van der Waals surface area contributed by atoms with Crippen molar-refractivity contribution in [1.29, 1.82) is 0 Å². The molecule has 0 amide bonds. The van der Waals surface area contributed by atoms with E-state index in [1.165, 1.54) is 36.6 Å². The van der Waals surface area contributed by atoms with E-state index in [2.05, 4.69) is 79.7 Å². The first-order valence-corrected chi connectivity index (χ1v) is 11.0. The summed E-state index contributed by atoms with van der Waals surface area (Å²) in [7, 11) is 0. The Bertz CT molecular complexity index is 1070. The highest BCUT2D eigenvalue weighted by Crippen LogP contribution is 2.32. The van der Waals surface area contributed by atoms with Crippen LogP contribution in [0.2, 0.25) is 0 Å². The zero-order chi connectivity index (χ0) is 20.6. The van der Waals surface area contributed by atoms with Gasteiger partial charge < -0.3 is 4.74 Å². The van der Waals surface area contributed by atoms with Gasteiger partial charge in [-0.05, 0) is 35.6 Å². The van der Waals surface area contributed by atoms with Crippen LogP contribution in [-0.4, -0.2) is 11.6 Å². The number of fused-ring (bicyclic) bond motifs is 1. The molecule has 2 nitrogen and oxygen atoms in total. The number of nitrogens with zero attached hydrogens (tertiary/aromatic N) is 1. The Morgan fingerprint density at radius 1 is 0.700 bits per heavy atom. The minimum Gasteiger partial charge on any atom is -0.493 e. The Kier molecular flexibility index (Phi) is 6.76. The summed E-state index contributed by atoms with van der Waals surface area (Å²) < 4.78 is 6.23. The zero-order valence-corrected chi connectivity index (χ0v) is 17.7. The van der Waals surface area contributed by atoms with Gasteiger partial charge in [-0.15, -0.1) is 0 Å². The minimum absolute atomic E-state index is 0.761. The van der Waals surface area contributed by atoms with Crippen molar-refractivity contribution < 1.29 is 4.74 Å². The standard InChI is InChI=1S/C28H29NO/c1-2-3-4-5-11-18-30-28-20-25(19-23-14-9-10-15-26(23)28)27-17-16-24(21-29-27)22-12-7-6-8-13-22/h6-10,12-17,19-21H,2-5,11,18H2,1H3. The van der Waals surface area contributed by atoms with Crippen LogP contribution in [0.25, 0.3) is 33.2 Å². The van der Waals surface area contributed by atoms with Crippen LogP contribution >= 0.6 is 0 Å². The fourth-order valence-corrected chi connectivity index (χ4v) is 3.80. The van der Waals surface area contributed by atoms with E-state index in [9.17, 15) is 0 Å². The molecule has 0 saturated heterocycles. The van der Waals surface area contributed by atoms with Gasteiger partial charge in [0.2, 0.25) is 0 Å². The molecule has 1 heterocycles. The second-order valence-electron chi connectivity index (χ2n) is 7.76. The van der Waals surface area contributed by atoms with Crippen molar-refractivity contribution in [2.24, 2.45) is 0 Å². The summed E-state index contributed by atoms with van der Waals surface area (Å²) in [6.07, 6.45) is 8.15. The lowest BCUT2D eigenvalue weighted by atomic mass is 10.0. The van der Waals surface area contributed by atoms with Gasteiger partial charge in [0.05, 0.1) is 12.3 Å². The maximum atomic E-state index is 6.23. The Hall–Kier alpha value is -3.13. The van der Waals surface area contributed by atoms with E-state index in [1.807, 2.05) is 12.3 Å². The summed E-state index contributed by atoms with van der Waals surface area (Å²) in [6.45, 7) is 3.01. The molecule has 0 atom stereocenters. The molecule has 3 aromatic carbocycles. The summed E-state index contributed by atoms with van der Waals surface area (Å²) in [4.78, 5) is 4.75.